The minimum atomic E-state index is -1.77. The second kappa shape index (κ2) is 8.24. The SMILES string of the molecule is COC(=O)[C@@H]1C[C@@](C(=O)OC)(S(=O)c2ccc(C)cc2)[C@H](c2ccccc2)N1. The Morgan fingerprint density at radius 1 is 1.04 bits per heavy atom. The maximum Gasteiger partial charge on any atom is 0.327 e. The van der Waals surface area contributed by atoms with Gasteiger partial charge in [-0.1, -0.05) is 48.0 Å². The van der Waals surface area contributed by atoms with E-state index in [-0.39, 0.29) is 6.42 Å². The van der Waals surface area contributed by atoms with Gasteiger partial charge < -0.3 is 9.47 Å². The van der Waals surface area contributed by atoms with Crippen LogP contribution in [0.3, 0.4) is 0 Å². The summed E-state index contributed by atoms with van der Waals surface area (Å²) in [6.45, 7) is 1.93. The molecule has 28 heavy (non-hydrogen) atoms. The number of methoxy groups -OCH3 is 2. The number of rotatable bonds is 5. The summed E-state index contributed by atoms with van der Waals surface area (Å²) >= 11 is 0. The van der Waals surface area contributed by atoms with Gasteiger partial charge in [-0.25, -0.2) is 0 Å². The van der Waals surface area contributed by atoms with Crippen LogP contribution in [0, 0.1) is 6.92 Å². The van der Waals surface area contributed by atoms with Gasteiger partial charge in [0.1, 0.15) is 6.04 Å². The van der Waals surface area contributed by atoms with Gasteiger partial charge in [-0.2, -0.15) is 0 Å². The first kappa shape index (κ1) is 20.2. The van der Waals surface area contributed by atoms with Crippen LogP contribution in [0.1, 0.15) is 23.6 Å². The maximum atomic E-state index is 13.7. The molecule has 1 saturated heterocycles. The molecule has 2 aromatic carbocycles. The fraction of sp³-hybridized carbons (Fsp3) is 0.333. The van der Waals surface area contributed by atoms with Crippen LogP contribution in [0.2, 0.25) is 0 Å². The van der Waals surface area contributed by atoms with Gasteiger partial charge in [0.25, 0.3) is 0 Å². The van der Waals surface area contributed by atoms with Gasteiger partial charge in [-0.3, -0.25) is 19.1 Å². The van der Waals surface area contributed by atoms with E-state index in [2.05, 4.69) is 5.32 Å². The molecule has 148 valence electrons. The van der Waals surface area contributed by atoms with E-state index < -0.39 is 39.6 Å². The number of aryl methyl sites for hydroxylation is 1. The smallest absolute Gasteiger partial charge is 0.327 e. The van der Waals surface area contributed by atoms with Crippen LogP contribution < -0.4 is 5.32 Å². The first-order valence-electron chi connectivity index (χ1n) is 8.90. The summed E-state index contributed by atoms with van der Waals surface area (Å²) in [6, 6.07) is 14.9. The molecule has 0 aliphatic carbocycles. The van der Waals surface area contributed by atoms with Gasteiger partial charge in [-0.15, -0.1) is 0 Å². The average Bonchev–Trinajstić information content (AvgIpc) is 3.15. The minimum Gasteiger partial charge on any atom is -0.468 e. The Morgan fingerprint density at radius 3 is 2.25 bits per heavy atom. The van der Waals surface area contributed by atoms with E-state index in [0.29, 0.717) is 4.90 Å². The Hall–Kier alpha value is -2.51. The monoisotopic (exact) mass is 401 g/mol. The molecule has 1 aliphatic heterocycles. The molecule has 1 aliphatic rings. The van der Waals surface area contributed by atoms with E-state index in [9.17, 15) is 13.8 Å². The molecule has 1 fully saturated rings. The standard InChI is InChI=1S/C21H23NO5S/c1-14-9-11-16(12-10-14)28(25)21(20(24)27-3)13-17(19(23)26-2)22-18(21)15-7-5-4-6-8-15/h4-12,17-18,22H,13H2,1-3H3/t17-,18-,21+,28?/m0/s1. The zero-order chi connectivity index (χ0) is 20.3. The molecule has 3 rings (SSSR count). The zero-order valence-corrected chi connectivity index (χ0v) is 16.8. The van der Waals surface area contributed by atoms with Crippen LogP contribution in [-0.2, 0) is 29.9 Å². The van der Waals surface area contributed by atoms with Gasteiger partial charge in [0.15, 0.2) is 4.75 Å². The molecular formula is C21H23NO5S. The number of carbonyl (C=O) groups excluding carboxylic acids is 2. The largest absolute Gasteiger partial charge is 0.468 e. The summed E-state index contributed by atoms with van der Waals surface area (Å²) in [4.78, 5) is 25.8. The van der Waals surface area contributed by atoms with Crippen LogP contribution >= 0.6 is 0 Å². The molecule has 0 saturated carbocycles. The molecule has 1 unspecified atom stereocenters. The second-order valence-electron chi connectivity index (χ2n) is 6.75. The molecule has 1 heterocycles. The van der Waals surface area contributed by atoms with Gasteiger partial charge in [0.2, 0.25) is 0 Å². The van der Waals surface area contributed by atoms with Gasteiger partial charge in [0.05, 0.1) is 31.1 Å². The van der Waals surface area contributed by atoms with Crippen molar-refractivity contribution in [3.63, 3.8) is 0 Å². The highest BCUT2D eigenvalue weighted by Gasteiger charge is 2.60. The molecule has 0 radical (unpaired) electrons. The summed E-state index contributed by atoms with van der Waals surface area (Å²) < 4.78 is 22.2. The number of nitrogens with one attached hydrogen (secondary N) is 1. The number of hydrogen-bond acceptors (Lipinski definition) is 6. The highest BCUT2D eigenvalue weighted by atomic mass is 32.2. The number of esters is 2. The van der Waals surface area contributed by atoms with Gasteiger partial charge in [0, 0.05) is 11.3 Å². The number of benzene rings is 2. The van der Waals surface area contributed by atoms with Crippen LogP contribution in [-0.4, -0.2) is 41.2 Å². The van der Waals surface area contributed by atoms with Crippen molar-refractivity contribution in [1.82, 2.24) is 5.32 Å². The predicted molar refractivity (Wildman–Crippen MR) is 105 cm³/mol. The van der Waals surface area contributed by atoms with Crippen LogP contribution in [0.15, 0.2) is 59.5 Å². The molecule has 0 bridgehead atoms. The van der Waals surface area contributed by atoms with E-state index >= 15 is 0 Å². The molecule has 0 aromatic heterocycles. The third-order valence-electron chi connectivity index (χ3n) is 5.06. The zero-order valence-electron chi connectivity index (χ0n) is 16.0. The van der Waals surface area contributed by atoms with Crippen LogP contribution in [0.5, 0.6) is 0 Å². The number of carbonyl (C=O) groups is 2. The van der Waals surface area contributed by atoms with Crippen molar-refractivity contribution >= 4 is 22.7 Å². The first-order chi connectivity index (χ1) is 13.4. The Kier molecular flexibility index (Phi) is 5.96. The summed E-state index contributed by atoms with van der Waals surface area (Å²) in [5, 5.41) is 3.16. The van der Waals surface area contributed by atoms with Crippen molar-refractivity contribution in [1.29, 1.82) is 0 Å². The summed E-state index contributed by atoms with van der Waals surface area (Å²) in [6.07, 6.45) is 0.00634. The Labute approximate surface area is 166 Å². The Bertz CT molecular complexity index is 883. The van der Waals surface area contributed by atoms with Crippen molar-refractivity contribution in [3.05, 3.63) is 65.7 Å². The quantitative estimate of drug-likeness (QED) is 0.775. The third-order valence-corrected chi connectivity index (χ3v) is 6.99. The van der Waals surface area contributed by atoms with Crippen molar-refractivity contribution in [2.75, 3.05) is 14.2 Å². The summed E-state index contributed by atoms with van der Waals surface area (Å²) in [5.74, 6) is -1.13. The maximum absolute atomic E-state index is 13.7. The lowest BCUT2D eigenvalue weighted by molar-refractivity contribution is -0.144. The predicted octanol–water partition coefficient (Wildman–Crippen LogP) is 2.29. The molecule has 2 aromatic rings. The molecular weight excluding hydrogens is 378 g/mol. The van der Waals surface area contributed by atoms with Crippen LogP contribution in [0.25, 0.3) is 0 Å². The van der Waals surface area contributed by atoms with Crippen LogP contribution in [0.4, 0.5) is 0 Å². The highest BCUT2D eigenvalue weighted by Crippen LogP contribution is 2.44. The average molecular weight is 401 g/mol. The van der Waals surface area contributed by atoms with Crippen molar-refractivity contribution in [2.45, 2.75) is 35.1 Å². The lowest BCUT2D eigenvalue weighted by Gasteiger charge is -2.31. The molecule has 6 nitrogen and oxygen atoms in total. The van der Waals surface area contributed by atoms with E-state index in [1.54, 1.807) is 12.1 Å². The molecule has 7 heteroatoms. The fourth-order valence-corrected chi connectivity index (χ4v) is 5.40. The number of hydrogen-bond donors (Lipinski definition) is 1. The second-order valence-corrected chi connectivity index (χ2v) is 8.49. The van der Waals surface area contributed by atoms with E-state index in [1.165, 1.54) is 14.2 Å². The normalized spacial score (nSPS) is 25.1. The summed E-state index contributed by atoms with van der Waals surface area (Å²) in [5.41, 5.74) is 1.77. The first-order valence-corrected chi connectivity index (χ1v) is 10.0. The highest BCUT2D eigenvalue weighted by molar-refractivity contribution is 7.87. The number of ether oxygens (including phenoxy) is 2. The Balaban J connectivity index is 2.16. The van der Waals surface area contributed by atoms with E-state index in [4.69, 9.17) is 9.47 Å². The molecule has 0 spiro atoms. The van der Waals surface area contributed by atoms with E-state index in [1.807, 2.05) is 49.4 Å². The Morgan fingerprint density at radius 2 is 1.68 bits per heavy atom. The van der Waals surface area contributed by atoms with Crippen molar-refractivity contribution in [2.24, 2.45) is 0 Å². The van der Waals surface area contributed by atoms with E-state index in [0.717, 1.165) is 11.1 Å². The third kappa shape index (κ3) is 3.47. The molecule has 0 amide bonds. The summed E-state index contributed by atoms with van der Waals surface area (Å²) in [7, 11) is 0.786. The fourth-order valence-electron chi connectivity index (χ4n) is 3.62. The molecule has 4 atom stereocenters. The van der Waals surface area contributed by atoms with Crippen molar-refractivity contribution < 1.29 is 23.3 Å². The minimum absolute atomic E-state index is 0.00634. The lowest BCUT2D eigenvalue weighted by Crippen LogP contribution is -2.48. The molecule has 1 N–H and O–H groups in total. The lowest BCUT2D eigenvalue weighted by atomic mass is 9.92. The van der Waals surface area contributed by atoms with Crippen molar-refractivity contribution in [3.8, 4) is 0 Å². The van der Waals surface area contributed by atoms with Gasteiger partial charge >= 0.3 is 11.9 Å². The van der Waals surface area contributed by atoms with Gasteiger partial charge in [-0.05, 0) is 24.6 Å². The topological polar surface area (TPSA) is 81.7 Å².